The molecule has 0 unspecified atom stereocenters. The van der Waals surface area contributed by atoms with Crippen LogP contribution in [-0.2, 0) is 0 Å². The summed E-state index contributed by atoms with van der Waals surface area (Å²) < 4.78 is 0. The number of benzene rings is 1. The molecule has 1 amide bonds. The highest BCUT2D eigenvalue weighted by Gasteiger charge is 2.27. The van der Waals surface area contributed by atoms with E-state index in [1.54, 1.807) is 24.5 Å². The summed E-state index contributed by atoms with van der Waals surface area (Å²) in [4.78, 5) is 37.8. The number of nitro benzene ring substituents is 1. The third kappa shape index (κ3) is 3.37. The minimum Gasteiger partial charge on any atom is -0.477 e. The van der Waals surface area contributed by atoms with E-state index in [2.05, 4.69) is 20.5 Å². The molecule has 0 spiro atoms. The zero-order valence-electron chi connectivity index (χ0n) is 12.8. The molecule has 0 saturated heterocycles. The van der Waals surface area contributed by atoms with Gasteiger partial charge in [0.15, 0.2) is 0 Å². The van der Waals surface area contributed by atoms with Gasteiger partial charge < -0.3 is 5.11 Å². The predicted octanol–water partition coefficient (Wildman–Crippen LogP) is 2.46. The van der Waals surface area contributed by atoms with Gasteiger partial charge in [-0.25, -0.2) is 4.79 Å². The second-order valence-electron chi connectivity index (χ2n) is 4.86. The summed E-state index contributed by atoms with van der Waals surface area (Å²) in [7, 11) is 0. The summed E-state index contributed by atoms with van der Waals surface area (Å²) in [5, 5.41) is 31.1. The molecular weight excluding hydrogens is 362 g/mol. The fourth-order valence-electron chi connectivity index (χ4n) is 2.16. The molecule has 0 bridgehead atoms. The molecule has 26 heavy (non-hydrogen) atoms. The highest BCUT2D eigenvalue weighted by molar-refractivity contribution is 7.18. The molecule has 2 heterocycles. The number of hydrogen-bond acceptors (Lipinski definition) is 8. The number of aromatic nitrogens is 3. The molecule has 0 aliphatic rings. The van der Waals surface area contributed by atoms with Gasteiger partial charge in [-0.15, -0.1) is 10.2 Å². The maximum atomic E-state index is 12.4. The number of carbonyl (C=O) groups excluding carboxylic acids is 1. The van der Waals surface area contributed by atoms with E-state index in [-0.39, 0.29) is 10.7 Å². The van der Waals surface area contributed by atoms with Gasteiger partial charge in [-0.2, -0.15) is 0 Å². The van der Waals surface area contributed by atoms with E-state index in [1.807, 2.05) is 0 Å². The summed E-state index contributed by atoms with van der Waals surface area (Å²) in [5.74, 6) is -2.40. The standard InChI is InChI=1S/C15H9N5O5S/c21-12(9-2-1-3-10(20(24)25)11(9)14(22)23)17-15-19-18-13(26-15)8-4-6-16-7-5-8/h1-7H,(H,22,23)(H,17,19,21). The third-order valence-electron chi connectivity index (χ3n) is 3.27. The van der Waals surface area contributed by atoms with Crippen molar-refractivity contribution >= 4 is 34.0 Å². The molecule has 0 fully saturated rings. The Balaban J connectivity index is 1.90. The van der Waals surface area contributed by atoms with Crippen LogP contribution in [0.3, 0.4) is 0 Å². The highest BCUT2D eigenvalue weighted by Crippen LogP contribution is 2.27. The molecule has 0 radical (unpaired) electrons. The number of hydrogen-bond donors (Lipinski definition) is 2. The lowest BCUT2D eigenvalue weighted by Crippen LogP contribution is -2.17. The fraction of sp³-hybridized carbons (Fsp3) is 0. The molecular formula is C15H9N5O5S. The normalized spacial score (nSPS) is 10.3. The van der Waals surface area contributed by atoms with E-state index in [4.69, 9.17) is 0 Å². The van der Waals surface area contributed by atoms with Crippen molar-refractivity contribution in [1.82, 2.24) is 15.2 Å². The molecule has 10 nitrogen and oxygen atoms in total. The van der Waals surface area contributed by atoms with Gasteiger partial charge in [0.2, 0.25) is 5.13 Å². The van der Waals surface area contributed by atoms with Crippen molar-refractivity contribution in [3.05, 3.63) is 64.0 Å². The minimum absolute atomic E-state index is 0.129. The number of rotatable bonds is 5. The van der Waals surface area contributed by atoms with Crippen molar-refractivity contribution in [3.8, 4) is 10.6 Å². The number of anilines is 1. The van der Waals surface area contributed by atoms with Crippen molar-refractivity contribution in [2.45, 2.75) is 0 Å². The summed E-state index contributed by atoms with van der Waals surface area (Å²) in [6.45, 7) is 0. The maximum absolute atomic E-state index is 12.4. The van der Waals surface area contributed by atoms with Crippen molar-refractivity contribution in [2.75, 3.05) is 5.32 Å². The van der Waals surface area contributed by atoms with Gasteiger partial charge in [0.25, 0.3) is 11.6 Å². The number of pyridine rings is 1. The minimum atomic E-state index is -1.57. The van der Waals surface area contributed by atoms with E-state index in [1.165, 1.54) is 12.1 Å². The van der Waals surface area contributed by atoms with Gasteiger partial charge >= 0.3 is 5.97 Å². The molecule has 0 aliphatic carbocycles. The van der Waals surface area contributed by atoms with Gasteiger partial charge in [-0.05, 0) is 18.2 Å². The first-order chi connectivity index (χ1) is 12.5. The van der Waals surface area contributed by atoms with Crippen LogP contribution in [0.1, 0.15) is 20.7 Å². The molecule has 3 rings (SSSR count). The third-order valence-corrected chi connectivity index (χ3v) is 4.16. The van der Waals surface area contributed by atoms with Gasteiger partial charge in [-0.1, -0.05) is 17.4 Å². The van der Waals surface area contributed by atoms with Crippen molar-refractivity contribution in [1.29, 1.82) is 0 Å². The van der Waals surface area contributed by atoms with Gasteiger partial charge in [-0.3, -0.25) is 25.2 Å². The molecule has 130 valence electrons. The second kappa shape index (κ2) is 7.03. The SMILES string of the molecule is O=C(Nc1nnc(-c2ccncc2)s1)c1cccc([N+](=O)[O-])c1C(=O)O. The van der Waals surface area contributed by atoms with Crippen LogP contribution in [0.25, 0.3) is 10.6 Å². The van der Waals surface area contributed by atoms with Crippen LogP contribution in [0, 0.1) is 10.1 Å². The summed E-state index contributed by atoms with van der Waals surface area (Å²) in [5.41, 5.74) is -0.944. The van der Waals surface area contributed by atoms with Crippen LogP contribution in [0.5, 0.6) is 0 Å². The molecule has 1 aromatic carbocycles. The van der Waals surface area contributed by atoms with E-state index >= 15 is 0 Å². The van der Waals surface area contributed by atoms with Crippen LogP contribution in [0.2, 0.25) is 0 Å². The number of carboxylic acids is 1. The molecule has 11 heteroatoms. The van der Waals surface area contributed by atoms with Crippen LogP contribution in [0.15, 0.2) is 42.7 Å². The Morgan fingerprint density at radius 1 is 1.15 bits per heavy atom. The van der Waals surface area contributed by atoms with E-state index in [0.29, 0.717) is 5.01 Å². The maximum Gasteiger partial charge on any atom is 0.343 e. The average Bonchev–Trinajstić information content (AvgIpc) is 3.10. The molecule has 0 aliphatic heterocycles. The lowest BCUT2D eigenvalue weighted by Gasteiger charge is -2.05. The zero-order chi connectivity index (χ0) is 18.7. The zero-order valence-corrected chi connectivity index (χ0v) is 13.6. The molecule has 2 N–H and O–H groups in total. The number of nitrogens with zero attached hydrogens (tertiary/aromatic N) is 4. The Kier molecular flexibility index (Phi) is 4.62. The van der Waals surface area contributed by atoms with Crippen LogP contribution >= 0.6 is 11.3 Å². The fourth-order valence-corrected chi connectivity index (χ4v) is 2.90. The summed E-state index contributed by atoms with van der Waals surface area (Å²) in [6.07, 6.45) is 3.16. The number of aromatic carboxylic acids is 1. The molecule has 0 saturated carbocycles. The van der Waals surface area contributed by atoms with E-state index in [0.717, 1.165) is 23.0 Å². The Morgan fingerprint density at radius 2 is 1.88 bits per heavy atom. The Bertz CT molecular complexity index is 1000. The Labute approximate surface area is 149 Å². The first-order valence-electron chi connectivity index (χ1n) is 7.03. The van der Waals surface area contributed by atoms with Gasteiger partial charge in [0.05, 0.1) is 10.5 Å². The first-order valence-corrected chi connectivity index (χ1v) is 7.85. The van der Waals surface area contributed by atoms with Gasteiger partial charge in [0.1, 0.15) is 10.6 Å². The molecule has 3 aromatic rings. The predicted molar refractivity (Wildman–Crippen MR) is 91.1 cm³/mol. The van der Waals surface area contributed by atoms with Crippen LogP contribution in [0.4, 0.5) is 10.8 Å². The molecule has 2 aromatic heterocycles. The quantitative estimate of drug-likeness (QED) is 0.513. The molecule has 0 atom stereocenters. The number of carbonyl (C=O) groups is 2. The van der Waals surface area contributed by atoms with Crippen molar-refractivity contribution < 1.29 is 19.6 Å². The number of nitrogens with one attached hydrogen (secondary N) is 1. The lowest BCUT2D eigenvalue weighted by atomic mass is 10.0. The monoisotopic (exact) mass is 371 g/mol. The largest absolute Gasteiger partial charge is 0.477 e. The van der Waals surface area contributed by atoms with E-state index in [9.17, 15) is 24.8 Å². The van der Waals surface area contributed by atoms with Crippen molar-refractivity contribution in [3.63, 3.8) is 0 Å². The highest BCUT2D eigenvalue weighted by atomic mass is 32.1. The summed E-state index contributed by atoms with van der Waals surface area (Å²) >= 11 is 1.07. The number of carboxylic acid groups (broad SMARTS) is 1. The lowest BCUT2D eigenvalue weighted by molar-refractivity contribution is -0.385. The van der Waals surface area contributed by atoms with Crippen molar-refractivity contribution in [2.24, 2.45) is 0 Å². The average molecular weight is 371 g/mol. The van der Waals surface area contributed by atoms with Gasteiger partial charge in [0, 0.05) is 24.0 Å². The smallest absolute Gasteiger partial charge is 0.343 e. The topological polar surface area (TPSA) is 148 Å². The Morgan fingerprint density at radius 3 is 2.54 bits per heavy atom. The van der Waals surface area contributed by atoms with Crippen LogP contribution < -0.4 is 5.32 Å². The summed E-state index contributed by atoms with van der Waals surface area (Å²) in [6, 6.07) is 6.88. The first kappa shape index (κ1) is 17.1. The van der Waals surface area contributed by atoms with Crippen LogP contribution in [-0.4, -0.2) is 37.1 Å². The Hall–Kier alpha value is -3.73. The number of amides is 1. The van der Waals surface area contributed by atoms with E-state index < -0.39 is 28.1 Å². The number of nitro groups is 1. The second-order valence-corrected chi connectivity index (χ2v) is 5.84.